The maximum atomic E-state index is 12.6. The minimum Gasteiger partial charge on any atom is -0.347 e. The molecule has 1 aromatic heterocycles. The Hall–Kier alpha value is -2.48. The second-order valence-corrected chi connectivity index (χ2v) is 6.75. The Balaban J connectivity index is 1.55. The van der Waals surface area contributed by atoms with Crippen LogP contribution in [0.3, 0.4) is 0 Å². The molecule has 2 saturated heterocycles. The number of nitro groups is 1. The van der Waals surface area contributed by atoms with Crippen molar-refractivity contribution in [2.75, 3.05) is 13.1 Å². The molecule has 4 atom stereocenters. The predicted molar refractivity (Wildman–Crippen MR) is 87.8 cm³/mol. The van der Waals surface area contributed by atoms with Crippen molar-refractivity contribution in [1.82, 2.24) is 20.4 Å². The van der Waals surface area contributed by atoms with Gasteiger partial charge in [-0.05, 0) is 38.3 Å². The largest absolute Gasteiger partial charge is 0.347 e. The molecule has 2 aromatic rings. The van der Waals surface area contributed by atoms with Crippen molar-refractivity contribution in [2.45, 2.75) is 31.8 Å². The van der Waals surface area contributed by atoms with Gasteiger partial charge in [0.05, 0.1) is 10.4 Å². The zero-order valence-corrected chi connectivity index (χ0v) is 13.4. The zero-order chi connectivity index (χ0) is 16.8. The van der Waals surface area contributed by atoms with E-state index in [1.807, 2.05) is 0 Å². The van der Waals surface area contributed by atoms with E-state index in [-0.39, 0.29) is 23.3 Å². The highest BCUT2D eigenvalue weighted by molar-refractivity contribution is 6.05. The molecule has 0 radical (unpaired) electrons. The maximum Gasteiger partial charge on any atom is 0.272 e. The number of aromatic amines is 1. The highest BCUT2D eigenvalue weighted by Crippen LogP contribution is 2.33. The highest BCUT2D eigenvalue weighted by atomic mass is 16.6. The van der Waals surface area contributed by atoms with Gasteiger partial charge in [0.15, 0.2) is 5.69 Å². The van der Waals surface area contributed by atoms with Crippen LogP contribution in [-0.4, -0.2) is 51.1 Å². The summed E-state index contributed by atoms with van der Waals surface area (Å²) in [6.45, 7) is 4.19. The van der Waals surface area contributed by atoms with Crippen LogP contribution in [0.2, 0.25) is 0 Å². The molecule has 126 valence electrons. The molecule has 8 heteroatoms. The highest BCUT2D eigenvalue weighted by Gasteiger charge is 2.38. The van der Waals surface area contributed by atoms with Crippen molar-refractivity contribution >= 4 is 22.5 Å². The van der Waals surface area contributed by atoms with Gasteiger partial charge in [-0.3, -0.25) is 24.9 Å². The Morgan fingerprint density at radius 3 is 3.08 bits per heavy atom. The first kappa shape index (κ1) is 15.1. The number of hydrogen-bond donors (Lipinski definition) is 2. The van der Waals surface area contributed by atoms with Gasteiger partial charge in [0.1, 0.15) is 0 Å². The van der Waals surface area contributed by atoms with Gasteiger partial charge in [-0.1, -0.05) is 0 Å². The predicted octanol–water partition coefficient (Wildman–Crippen LogP) is 1.68. The molecule has 2 aliphatic heterocycles. The van der Waals surface area contributed by atoms with Crippen LogP contribution < -0.4 is 5.32 Å². The first-order chi connectivity index (χ1) is 11.5. The minimum atomic E-state index is -0.471. The quantitative estimate of drug-likeness (QED) is 0.658. The molecule has 0 aliphatic carbocycles. The summed E-state index contributed by atoms with van der Waals surface area (Å²) in [6, 6.07) is 5.06. The second kappa shape index (κ2) is 5.55. The lowest BCUT2D eigenvalue weighted by Crippen LogP contribution is -2.50. The third-order valence-corrected chi connectivity index (χ3v) is 5.39. The fraction of sp³-hybridized carbons (Fsp3) is 0.500. The number of amides is 1. The van der Waals surface area contributed by atoms with E-state index in [1.54, 1.807) is 6.07 Å². The summed E-state index contributed by atoms with van der Waals surface area (Å²) in [5, 5.41) is 21.3. The van der Waals surface area contributed by atoms with E-state index in [0.717, 1.165) is 19.5 Å². The van der Waals surface area contributed by atoms with Gasteiger partial charge in [-0.25, -0.2) is 0 Å². The molecular weight excluding hydrogens is 310 g/mol. The monoisotopic (exact) mass is 329 g/mol. The van der Waals surface area contributed by atoms with Crippen LogP contribution in [-0.2, 0) is 0 Å². The van der Waals surface area contributed by atoms with Crippen LogP contribution in [0.15, 0.2) is 18.2 Å². The number of rotatable bonds is 3. The zero-order valence-electron chi connectivity index (χ0n) is 13.4. The number of carbonyl (C=O) groups is 1. The summed E-state index contributed by atoms with van der Waals surface area (Å²) < 4.78 is 0. The van der Waals surface area contributed by atoms with Crippen molar-refractivity contribution in [3.8, 4) is 0 Å². The number of non-ortho nitro benzene ring substituents is 1. The number of piperidine rings is 1. The number of hydrogen-bond acceptors (Lipinski definition) is 5. The number of fused-ring (bicyclic) bond motifs is 3. The number of aromatic nitrogens is 2. The van der Waals surface area contributed by atoms with Crippen LogP contribution in [0.5, 0.6) is 0 Å². The summed E-state index contributed by atoms with van der Waals surface area (Å²) in [5.74, 6) is 0.350. The lowest BCUT2D eigenvalue weighted by Gasteiger charge is -2.35. The van der Waals surface area contributed by atoms with Crippen molar-refractivity contribution in [3.63, 3.8) is 0 Å². The molecule has 4 unspecified atom stereocenters. The van der Waals surface area contributed by atoms with Gasteiger partial charge in [0.2, 0.25) is 0 Å². The third-order valence-electron chi connectivity index (χ3n) is 5.39. The summed E-state index contributed by atoms with van der Waals surface area (Å²) >= 11 is 0. The number of carbonyl (C=O) groups excluding carboxylic acids is 1. The standard InChI is InChI=1S/C16H19N5O3/c1-9-10-4-5-20(9)8-11(6-10)17-16(22)15-13-7-12(21(23)24)2-3-14(13)18-19-15/h2-3,7,9-11H,4-6,8H2,1H3,(H,17,22)(H,18,19). The van der Waals surface area contributed by atoms with Crippen LogP contribution in [0, 0.1) is 16.0 Å². The average Bonchev–Trinajstić information content (AvgIpc) is 3.05. The van der Waals surface area contributed by atoms with Crippen LogP contribution in [0.1, 0.15) is 30.3 Å². The number of nitro benzene ring substituents is 1. The lowest BCUT2D eigenvalue weighted by atomic mass is 9.90. The SMILES string of the molecule is CC1C2CCN1CC(NC(=O)c1n[nH]c3ccc([N+](=O)[O-])cc13)C2. The average molecular weight is 329 g/mol. The minimum absolute atomic E-state index is 0.0476. The molecule has 2 aliphatic rings. The van der Waals surface area contributed by atoms with Crippen LogP contribution >= 0.6 is 0 Å². The van der Waals surface area contributed by atoms with E-state index in [2.05, 4.69) is 27.3 Å². The Kier molecular flexibility index (Phi) is 3.49. The Morgan fingerprint density at radius 1 is 1.50 bits per heavy atom. The van der Waals surface area contributed by atoms with Crippen LogP contribution in [0.4, 0.5) is 5.69 Å². The van der Waals surface area contributed by atoms with E-state index in [0.29, 0.717) is 22.9 Å². The molecule has 4 rings (SSSR count). The second-order valence-electron chi connectivity index (χ2n) is 6.75. The van der Waals surface area contributed by atoms with Crippen molar-refractivity contribution in [1.29, 1.82) is 0 Å². The number of benzene rings is 1. The van der Waals surface area contributed by atoms with Crippen molar-refractivity contribution < 1.29 is 9.72 Å². The van der Waals surface area contributed by atoms with E-state index in [9.17, 15) is 14.9 Å². The van der Waals surface area contributed by atoms with E-state index in [4.69, 9.17) is 0 Å². The fourth-order valence-corrected chi connectivity index (χ4v) is 4.02. The number of nitrogens with zero attached hydrogens (tertiary/aromatic N) is 3. The summed E-state index contributed by atoms with van der Waals surface area (Å²) in [5.41, 5.74) is 0.787. The van der Waals surface area contributed by atoms with E-state index >= 15 is 0 Å². The molecule has 24 heavy (non-hydrogen) atoms. The van der Waals surface area contributed by atoms with Gasteiger partial charge in [-0.2, -0.15) is 5.10 Å². The first-order valence-corrected chi connectivity index (χ1v) is 8.20. The fourth-order valence-electron chi connectivity index (χ4n) is 4.02. The van der Waals surface area contributed by atoms with E-state index in [1.165, 1.54) is 18.6 Å². The van der Waals surface area contributed by atoms with Gasteiger partial charge in [-0.15, -0.1) is 0 Å². The molecule has 2 fully saturated rings. The molecule has 0 saturated carbocycles. The van der Waals surface area contributed by atoms with Gasteiger partial charge in [0.25, 0.3) is 11.6 Å². The summed E-state index contributed by atoms with van der Waals surface area (Å²) in [4.78, 5) is 25.5. The van der Waals surface area contributed by atoms with Gasteiger partial charge < -0.3 is 5.32 Å². The van der Waals surface area contributed by atoms with Gasteiger partial charge >= 0.3 is 0 Å². The summed E-state index contributed by atoms with van der Waals surface area (Å²) in [6.07, 6.45) is 2.16. The Labute approximate surface area is 138 Å². The van der Waals surface area contributed by atoms with E-state index < -0.39 is 4.92 Å². The molecule has 3 heterocycles. The molecule has 8 nitrogen and oxygen atoms in total. The number of H-pyrrole nitrogens is 1. The summed E-state index contributed by atoms with van der Waals surface area (Å²) in [7, 11) is 0. The molecule has 2 N–H and O–H groups in total. The van der Waals surface area contributed by atoms with Crippen molar-refractivity contribution in [3.05, 3.63) is 34.0 Å². The van der Waals surface area contributed by atoms with Crippen LogP contribution in [0.25, 0.3) is 10.9 Å². The molecular formula is C16H19N5O3. The Bertz CT molecular complexity index is 803. The van der Waals surface area contributed by atoms with Gasteiger partial charge in [0, 0.05) is 36.1 Å². The third kappa shape index (κ3) is 2.43. The lowest BCUT2D eigenvalue weighted by molar-refractivity contribution is -0.384. The topological polar surface area (TPSA) is 104 Å². The maximum absolute atomic E-state index is 12.6. The van der Waals surface area contributed by atoms with Crippen molar-refractivity contribution in [2.24, 2.45) is 5.92 Å². The normalized spacial score (nSPS) is 28.9. The Morgan fingerprint density at radius 2 is 2.33 bits per heavy atom. The molecule has 1 amide bonds. The first-order valence-electron chi connectivity index (χ1n) is 8.20. The molecule has 0 spiro atoms. The number of nitrogens with one attached hydrogen (secondary N) is 2. The molecule has 1 aromatic carbocycles. The molecule has 2 bridgehead atoms. The smallest absolute Gasteiger partial charge is 0.272 e.